The number of carbonyl (C=O) groups excluding carboxylic acids is 1. The molecular weight excluding hydrogens is 148 g/mol. The third-order valence-electron chi connectivity index (χ3n) is 2.05. The molecule has 0 heterocycles. The van der Waals surface area contributed by atoms with Crippen LogP contribution >= 0.6 is 0 Å². The number of Topliss-reactive ketones (excluding diaryl/α,β-unsaturated/α-hetero) is 1. The Morgan fingerprint density at radius 1 is 1.67 bits per heavy atom. The van der Waals surface area contributed by atoms with E-state index in [9.17, 15) is 4.79 Å². The summed E-state index contributed by atoms with van der Waals surface area (Å²) in [6.45, 7) is 5.56. The largest absolute Gasteiger partial charge is 0.294 e. The number of ketones is 1. The summed E-state index contributed by atoms with van der Waals surface area (Å²) in [5.41, 5.74) is 1.93. The lowest BCUT2D eigenvalue weighted by molar-refractivity contribution is -0.115. The Morgan fingerprint density at radius 3 is 3.00 bits per heavy atom. The highest BCUT2D eigenvalue weighted by molar-refractivity contribution is 6.00. The van der Waals surface area contributed by atoms with Gasteiger partial charge in [-0.05, 0) is 25.3 Å². The van der Waals surface area contributed by atoms with Crippen LogP contribution in [0.5, 0.6) is 0 Å². The Balaban J connectivity index is 2.85. The first-order valence-corrected chi connectivity index (χ1v) is 4.28. The normalized spacial score (nSPS) is 18.9. The Bertz CT molecular complexity index is 256. The zero-order chi connectivity index (χ0) is 8.97. The lowest BCUT2D eigenvalue weighted by Gasteiger charge is -2.11. The SMILES string of the molecule is C=C/C=C(\C)C1=CCCCC1=O. The molecule has 1 heteroatoms. The van der Waals surface area contributed by atoms with Crippen molar-refractivity contribution >= 4 is 5.78 Å². The fraction of sp³-hybridized carbons (Fsp3) is 0.364. The van der Waals surface area contributed by atoms with E-state index in [0.717, 1.165) is 24.0 Å². The van der Waals surface area contributed by atoms with Crippen LogP contribution in [-0.2, 0) is 4.79 Å². The minimum absolute atomic E-state index is 0.275. The maximum Gasteiger partial charge on any atom is 0.162 e. The molecule has 0 N–H and O–H groups in total. The fourth-order valence-corrected chi connectivity index (χ4v) is 1.40. The van der Waals surface area contributed by atoms with Gasteiger partial charge in [0, 0.05) is 12.0 Å². The van der Waals surface area contributed by atoms with Gasteiger partial charge in [0.05, 0.1) is 0 Å². The lowest BCUT2D eigenvalue weighted by atomic mass is 9.93. The van der Waals surface area contributed by atoms with Crippen LogP contribution in [0.3, 0.4) is 0 Å². The molecule has 0 aromatic carbocycles. The maximum absolute atomic E-state index is 11.4. The van der Waals surface area contributed by atoms with E-state index in [2.05, 4.69) is 6.58 Å². The van der Waals surface area contributed by atoms with Crippen LogP contribution in [0.4, 0.5) is 0 Å². The minimum Gasteiger partial charge on any atom is -0.294 e. The van der Waals surface area contributed by atoms with Gasteiger partial charge in [0.25, 0.3) is 0 Å². The number of carbonyl (C=O) groups is 1. The van der Waals surface area contributed by atoms with Crippen molar-refractivity contribution < 1.29 is 4.79 Å². The van der Waals surface area contributed by atoms with Gasteiger partial charge in [-0.25, -0.2) is 0 Å². The smallest absolute Gasteiger partial charge is 0.162 e. The van der Waals surface area contributed by atoms with Gasteiger partial charge in [0.15, 0.2) is 5.78 Å². The van der Waals surface area contributed by atoms with Crippen molar-refractivity contribution in [3.8, 4) is 0 Å². The van der Waals surface area contributed by atoms with Crippen LogP contribution in [0.15, 0.2) is 36.0 Å². The molecule has 1 rings (SSSR count). The van der Waals surface area contributed by atoms with Crippen molar-refractivity contribution in [3.63, 3.8) is 0 Å². The zero-order valence-corrected chi connectivity index (χ0v) is 7.47. The van der Waals surface area contributed by atoms with E-state index < -0.39 is 0 Å². The average molecular weight is 162 g/mol. The first kappa shape index (κ1) is 8.98. The summed E-state index contributed by atoms with van der Waals surface area (Å²) in [6.07, 6.45) is 8.37. The molecule has 0 saturated heterocycles. The Morgan fingerprint density at radius 2 is 2.42 bits per heavy atom. The van der Waals surface area contributed by atoms with E-state index >= 15 is 0 Å². The molecule has 0 fully saturated rings. The molecule has 0 spiro atoms. The van der Waals surface area contributed by atoms with Gasteiger partial charge in [0.2, 0.25) is 0 Å². The number of allylic oxidation sites excluding steroid dienone is 5. The Labute approximate surface area is 73.5 Å². The van der Waals surface area contributed by atoms with Crippen molar-refractivity contribution in [1.29, 1.82) is 0 Å². The minimum atomic E-state index is 0.275. The van der Waals surface area contributed by atoms with Crippen molar-refractivity contribution in [2.24, 2.45) is 0 Å². The second-order valence-electron chi connectivity index (χ2n) is 3.02. The molecule has 1 nitrogen and oxygen atoms in total. The Hall–Kier alpha value is -1.11. The lowest BCUT2D eigenvalue weighted by Crippen LogP contribution is -2.07. The molecule has 12 heavy (non-hydrogen) atoms. The molecule has 0 aromatic heterocycles. The van der Waals surface area contributed by atoms with E-state index in [1.54, 1.807) is 6.08 Å². The van der Waals surface area contributed by atoms with Gasteiger partial charge in [-0.1, -0.05) is 24.8 Å². The standard InChI is InChI=1S/C11H14O/c1-3-6-9(2)10-7-4-5-8-11(10)12/h3,6-7H,1,4-5,8H2,2H3/b9-6+. The molecule has 0 aliphatic heterocycles. The Kier molecular flexibility index (Phi) is 3.03. The molecular formula is C11H14O. The van der Waals surface area contributed by atoms with Crippen LogP contribution in [0.1, 0.15) is 26.2 Å². The zero-order valence-electron chi connectivity index (χ0n) is 7.47. The highest BCUT2D eigenvalue weighted by atomic mass is 16.1. The molecule has 64 valence electrons. The van der Waals surface area contributed by atoms with Gasteiger partial charge >= 0.3 is 0 Å². The second-order valence-corrected chi connectivity index (χ2v) is 3.02. The van der Waals surface area contributed by atoms with Crippen LogP contribution in [0.2, 0.25) is 0 Å². The monoisotopic (exact) mass is 162 g/mol. The summed E-state index contributed by atoms with van der Waals surface area (Å²) in [5.74, 6) is 0.275. The summed E-state index contributed by atoms with van der Waals surface area (Å²) < 4.78 is 0. The van der Waals surface area contributed by atoms with Gasteiger partial charge in [-0.2, -0.15) is 0 Å². The molecule has 0 amide bonds. The van der Waals surface area contributed by atoms with Crippen molar-refractivity contribution in [2.75, 3.05) is 0 Å². The summed E-state index contributed by atoms with van der Waals surface area (Å²) in [6, 6.07) is 0. The number of hydrogen-bond acceptors (Lipinski definition) is 1. The fourth-order valence-electron chi connectivity index (χ4n) is 1.40. The van der Waals surface area contributed by atoms with Crippen molar-refractivity contribution in [2.45, 2.75) is 26.2 Å². The average Bonchev–Trinajstić information content (AvgIpc) is 2.05. The summed E-state index contributed by atoms with van der Waals surface area (Å²) in [7, 11) is 0. The maximum atomic E-state index is 11.4. The topological polar surface area (TPSA) is 17.1 Å². The highest BCUT2D eigenvalue weighted by Gasteiger charge is 2.13. The molecule has 1 aliphatic carbocycles. The van der Waals surface area contributed by atoms with E-state index in [4.69, 9.17) is 0 Å². The summed E-state index contributed by atoms with van der Waals surface area (Å²) in [4.78, 5) is 11.4. The predicted molar refractivity (Wildman–Crippen MR) is 50.9 cm³/mol. The van der Waals surface area contributed by atoms with Crippen LogP contribution in [-0.4, -0.2) is 5.78 Å². The van der Waals surface area contributed by atoms with E-state index in [0.29, 0.717) is 6.42 Å². The van der Waals surface area contributed by atoms with Crippen LogP contribution in [0, 0.1) is 0 Å². The molecule has 1 aliphatic rings. The number of hydrogen-bond donors (Lipinski definition) is 0. The van der Waals surface area contributed by atoms with E-state index in [1.165, 1.54) is 0 Å². The molecule has 0 saturated carbocycles. The summed E-state index contributed by atoms with van der Waals surface area (Å²) >= 11 is 0. The second kappa shape index (κ2) is 4.05. The summed E-state index contributed by atoms with van der Waals surface area (Å²) in [5, 5.41) is 0. The highest BCUT2D eigenvalue weighted by Crippen LogP contribution is 2.20. The first-order chi connectivity index (χ1) is 5.75. The van der Waals surface area contributed by atoms with Gasteiger partial charge in [-0.15, -0.1) is 0 Å². The molecule has 0 aromatic rings. The van der Waals surface area contributed by atoms with Crippen molar-refractivity contribution in [3.05, 3.63) is 36.0 Å². The van der Waals surface area contributed by atoms with Gasteiger partial charge < -0.3 is 0 Å². The quantitative estimate of drug-likeness (QED) is 0.570. The first-order valence-electron chi connectivity index (χ1n) is 4.28. The third kappa shape index (κ3) is 1.94. The third-order valence-corrected chi connectivity index (χ3v) is 2.05. The molecule has 0 atom stereocenters. The van der Waals surface area contributed by atoms with E-state index in [1.807, 2.05) is 19.1 Å². The van der Waals surface area contributed by atoms with Gasteiger partial charge in [0.1, 0.15) is 0 Å². The number of rotatable bonds is 2. The van der Waals surface area contributed by atoms with Gasteiger partial charge in [-0.3, -0.25) is 4.79 Å². The van der Waals surface area contributed by atoms with Crippen LogP contribution < -0.4 is 0 Å². The van der Waals surface area contributed by atoms with Crippen molar-refractivity contribution in [1.82, 2.24) is 0 Å². The van der Waals surface area contributed by atoms with E-state index in [-0.39, 0.29) is 5.78 Å². The predicted octanol–water partition coefficient (Wildman–Crippen LogP) is 2.80. The molecule has 0 bridgehead atoms. The molecule has 0 radical (unpaired) electrons. The molecule has 0 unspecified atom stereocenters. The van der Waals surface area contributed by atoms with Crippen LogP contribution in [0.25, 0.3) is 0 Å².